The largest absolute Gasteiger partial charge is 0.397 e. The van der Waals surface area contributed by atoms with Crippen LogP contribution in [0.5, 0.6) is 0 Å². The molecule has 2 rings (SSSR count). The SMILES string of the molecule is Cc1ccc(N(C)c2ccc(N)cn2)c(C)c1. The second kappa shape index (κ2) is 4.45. The summed E-state index contributed by atoms with van der Waals surface area (Å²) in [4.78, 5) is 6.38. The molecule has 1 aromatic carbocycles. The average molecular weight is 227 g/mol. The van der Waals surface area contributed by atoms with Crippen LogP contribution < -0.4 is 10.6 Å². The first kappa shape index (κ1) is 11.5. The van der Waals surface area contributed by atoms with Crippen molar-refractivity contribution in [1.82, 2.24) is 4.98 Å². The molecule has 3 nitrogen and oxygen atoms in total. The highest BCUT2D eigenvalue weighted by molar-refractivity contribution is 5.64. The van der Waals surface area contributed by atoms with Gasteiger partial charge in [-0.05, 0) is 37.6 Å². The standard InChI is InChI=1S/C14H17N3/c1-10-4-6-13(11(2)8-10)17(3)14-7-5-12(15)9-16-14/h4-9H,15H2,1-3H3. The zero-order valence-corrected chi connectivity index (χ0v) is 10.4. The Morgan fingerprint density at radius 3 is 2.47 bits per heavy atom. The Balaban J connectivity index is 2.36. The molecule has 0 spiro atoms. The molecule has 0 amide bonds. The number of nitrogen functional groups attached to an aromatic ring is 1. The first-order chi connectivity index (χ1) is 8.08. The minimum absolute atomic E-state index is 0.683. The fourth-order valence-electron chi connectivity index (χ4n) is 1.90. The molecule has 0 atom stereocenters. The Hall–Kier alpha value is -2.03. The Labute approximate surface area is 102 Å². The molecule has 88 valence electrons. The summed E-state index contributed by atoms with van der Waals surface area (Å²) in [6.07, 6.45) is 1.68. The van der Waals surface area contributed by atoms with E-state index in [-0.39, 0.29) is 0 Å². The third kappa shape index (κ3) is 2.38. The van der Waals surface area contributed by atoms with Crippen LogP contribution in [-0.2, 0) is 0 Å². The van der Waals surface area contributed by atoms with Gasteiger partial charge >= 0.3 is 0 Å². The molecule has 0 saturated heterocycles. The minimum atomic E-state index is 0.683. The van der Waals surface area contributed by atoms with Gasteiger partial charge < -0.3 is 10.6 Å². The van der Waals surface area contributed by atoms with Crippen molar-refractivity contribution < 1.29 is 0 Å². The van der Waals surface area contributed by atoms with Crippen molar-refractivity contribution in [3.05, 3.63) is 47.7 Å². The number of aryl methyl sites for hydroxylation is 2. The zero-order chi connectivity index (χ0) is 12.4. The molecule has 2 N–H and O–H groups in total. The van der Waals surface area contributed by atoms with Crippen LogP contribution in [0, 0.1) is 13.8 Å². The molecule has 0 aliphatic carbocycles. The van der Waals surface area contributed by atoms with Crippen LogP contribution in [-0.4, -0.2) is 12.0 Å². The average Bonchev–Trinajstić information content (AvgIpc) is 2.29. The maximum Gasteiger partial charge on any atom is 0.132 e. The van der Waals surface area contributed by atoms with Crippen LogP contribution >= 0.6 is 0 Å². The number of rotatable bonds is 2. The summed E-state index contributed by atoms with van der Waals surface area (Å²) in [7, 11) is 2.01. The highest BCUT2D eigenvalue weighted by Crippen LogP contribution is 2.26. The molecule has 2 aromatic rings. The molecule has 17 heavy (non-hydrogen) atoms. The molecule has 1 heterocycles. The Morgan fingerprint density at radius 2 is 1.88 bits per heavy atom. The van der Waals surface area contributed by atoms with Gasteiger partial charge in [0.25, 0.3) is 0 Å². The zero-order valence-electron chi connectivity index (χ0n) is 10.4. The monoisotopic (exact) mass is 227 g/mol. The first-order valence-corrected chi connectivity index (χ1v) is 5.60. The van der Waals surface area contributed by atoms with E-state index in [4.69, 9.17) is 5.73 Å². The Kier molecular flexibility index (Phi) is 3.00. The van der Waals surface area contributed by atoms with Crippen LogP contribution in [0.1, 0.15) is 11.1 Å². The van der Waals surface area contributed by atoms with Gasteiger partial charge in [-0.15, -0.1) is 0 Å². The van der Waals surface area contributed by atoms with Crippen molar-refractivity contribution >= 4 is 17.2 Å². The van der Waals surface area contributed by atoms with Crippen molar-refractivity contribution in [3.63, 3.8) is 0 Å². The van der Waals surface area contributed by atoms with Gasteiger partial charge in [0.15, 0.2) is 0 Å². The summed E-state index contributed by atoms with van der Waals surface area (Å²) < 4.78 is 0. The molecule has 0 aliphatic heterocycles. The minimum Gasteiger partial charge on any atom is -0.397 e. The second-order valence-corrected chi connectivity index (χ2v) is 4.30. The molecule has 0 fully saturated rings. The van der Waals surface area contributed by atoms with Gasteiger partial charge in [-0.1, -0.05) is 17.7 Å². The van der Waals surface area contributed by atoms with E-state index in [0.29, 0.717) is 5.69 Å². The summed E-state index contributed by atoms with van der Waals surface area (Å²) in [5, 5.41) is 0. The molecule has 1 aromatic heterocycles. The van der Waals surface area contributed by atoms with E-state index in [2.05, 4.69) is 41.9 Å². The number of benzene rings is 1. The lowest BCUT2D eigenvalue weighted by Gasteiger charge is -2.20. The quantitative estimate of drug-likeness (QED) is 0.857. The molecule has 0 bridgehead atoms. The van der Waals surface area contributed by atoms with Gasteiger partial charge in [0.1, 0.15) is 5.82 Å². The van der Waals surface area contributed by atoms with E-state index < -0.39 is 0 Å². The molecule has 0 saturated carbocycles. The predicted octanol–water partition coefficient (Wildman–Crippen LogP) is 3.05. The van der Waals surface area contributed by atoms with E-state index in [1.807, 2.05) is 19.2 Å². The van der Waals surface area contributed by atoms with Crippen molar-refractivity contribution in [3.8, 4) is 0 Å². The number of hydrogen-bond acceptors (Lipinski definition) is 3. The number of anilines is 3. The topological polar surface area (TPSA) is 42.1 Å². The van der Waals surface area contributed by atoms with Crippen LogP contribution in [0.4, 0.5) is 17.2 Å². The maximum absolute atomic E-state index is 5.63. The number of pyridine rings is 1. The van der Waals surface area contributed by atoms with E-state index in [1.54, 1.807) is 6.20 Å². The highest BCUT2D eigenvalue weighted by Gasteiger charge is 2.07. The van der Waals surface area contributed by atoms with E-state index in [0.717, 1.165) is 11.5 Å². The van der Waals surface area contributed by atoms with Gasteiger partial charge in [-0.3, -0.25) is 0 Å². The third-order valence-electron chi connectivity index (χ3n) is 2.83. The van der Waals surface area contributed by atoms with E-state index >= 15 is 0 Å². The fourth-order valence-corrected chi connectivity index (χ4v) is 1.90. The van der Waals surface area contributed by atoms with Gasteiger partial charge in [0.05, 0.1) is 11.9 Å². The summed E-state index contributed by atoms with van der Waals surface area (Å²) in [5.41, 5.74) is 9.99. The Bertz CT molecular complexity index is 517. The van der Waals surface area contributed by atoms with Gasteiger partial charge in [-0.2, -0.15) is 0 Å². The summed E-state index contributed by atoms with van der Waals surface area (Å²) in [6, 6.07) is 10.2. The predicted molar refractivity (Wildman–Crippen MR) is 72.6 cm³/mol. The normalized spacial score (nSPS) is 10.3. The van der Waals surface area contributed by atoms with Gasteiger partial charge in [0.2, 0.25) is 0 Å². The van der Waals surface area contributed by atoms with Crippen LogP contribution in [0.3, 0.4) is 0 Å². The van der Waals surface area contributed by atoms with Crippen molar-refractivity contribution in [1.29, 1.82) is 0 Å². The fraction of sp³-hybridized carbons (Fsp3) is 0.214. The first-order valence-electron chi connectivity index (χ1n) is 5.60. The highest BCUT2D eigenvalue weighted by atomic mass is 15.2. The molecule has 0 radical (unpaired) electrons. The van der Waals surface area contributed by atoms with Crippen molar-refractivity contribution in [2.75, 3.05) is 17.7 Å². The molecular formula is C14H17N3. The molecule has 3 heteroatoms. The molecule has 0 unspecified atom stereocenters. The maximum atomic E-state index is 5.63. The summed E-state index contributed by atoms with van der Waals surface area (Å²) in [6.45, 7) is 4.20. The van der Waals surface area contributed by atoms with Gasteiger partial charge in [0, 0.05) is 12.7 Å². The number of nitrogens with zero attached hydrogens (tertiary/aromatic N) is 2. The van der Waals surface area contributed by atoms with E-state index in [1.165, 1.54) is 11.1 Å². The van der Waals surface area contributed by atoms with Crippen LogP contribution in [0.15, 0.2) is 36.5 Å². The van der Waals surface area contributed by atoms with Crippen LogP contribution in [0.2, 0.25) is 0 Å². The smallest absolute Gasteiger partial charge is 0.132 e. The second-order valence-electron chi connectivity index (χ2n) is 4.30. The number of nitrogens with two attached hydrogens (primary N) is 1. The Morgan fingerprint density at radius 1 is 1.12 bits per heavy atom. The number of aromatic nitrogens is 1. The summed E-state index contributed by atoms with van der Waals surface area (Å²) >= 11 is 0. The van der Waals surface area contributed by atoms with Gasteiger partial charge in [-0.25, -0.2) is 4.98 Å². The lowest BCUT2D eigenvalue weighted by atomic mass is 10.1. The van der Waals surface area contributed by atoms with E-state index in [9.17, 15) is 0 Å². The third-order valence-corrected chi connectivity index (χ3v) is 2.83. The van der Waals surface area contributed by atoms with Crippen molar-refractivity contribution in [2.45, 2.75) is 13.8 Å². The molecule has 0 aliphatic rings. The molecular weight excluding hydrogens is 210 g/mol. The summed E-state index contributed by atoms with van der Waals surface area (Å²) in [5.74, 6) is 0.895. The lowest BCUT2D eigenvalue weighted by Crippen LogP contribution is -2.12. The van der Waals surface area contributed by atoms with Crippen molar-refractivity contribution in [2.24, 2.45) is 0 Å². The lowest BCUT2D eigenvalue weighted by molar-refractivity contribution is 1.11. The number of hydrogen-bond donors (Lipinski definition) is 1. The van der Waals surface area contributed by atoms with Crippen LogP contribution in [0.25, 0.3) is 0 Å².